The predicted molar refractivity (Wildman–Crippen MR) is 52.3 cm³/mol. The molecule has 0 bridgehead atoms. The van der Waals surface area contributed by atoms with Gasteiger partial charge in [-0.25, -0.2) is 8.42 Å². The first-order chi connectivity index (χ1) is 6.43. The highest BCUT2D eigenvalue weighted by molar-refractivity contribution is 7.91. The van der Waals surface area contributed by atoms with Crippen molar-refractivity contribution >= 4 is 9.84 Å². The van der Waals surface area contributed by atoms with Gasteiger partial charge in [-0.1, -0.05) is 12.2 Å². The van der Waals surface area contributed by atoms with Gasteiger partial charge in [0, 0.05) is 12.1 Å². The summed E-state index contributed by atoms with van der Waals surface area (Å²) in [6, 6.07) is 4.28. The fourth-order valence-corrected chi connectivity index (χ4v) is 2.47. The lowest BCUT2D eigenvalue weighted by Crippen LogP contribution is -2.34. The molecule has 0 aromatic carbocycles. The molecule has 0 saturated carbocycles. The fraction of sp³-hybridized carbons (Fsp3) is 0.222. The van der Waals surface area contributed by atoms with E-state index in [1.54, 1.807) is 6.92 Å². The van der Waals surface area contributed by atoms with Gasteiger partial charge in [-0.15, -0.1) is 0 Å². The number of rotatable bonds is 3. The SMILES string of the molecule is C=C(C)CS(=O)(=O)c1cccc[n+]1[O-]. The minimum atomic E-state index is -3.54. The van der Waals surface area contributed by atoms with Crippen LogP contribution < -0.4 is 4.73 Å². The molecule has 0 fully saturated rings. The molecule has 0 radical (unpaired) electrons. The minimum Gasteiger partial charge on any atom is -0.618 e. The molecule has 76 valence electrons. The minimum absolute atomic E-state index is 0.195. The third-order valence-corrected chi connectivity index (χ3v) is 3.37. The average Bonchev–Trinajstić information content (AvgIpc) is 2.02. The third-order valence-electron chi connectivity index (χ3n) is 1.54. The van der Waals surface area contributed by atoms with Crippen LogP contribution in [0.3, 0.4) is 0 Å². The van der Waals surface area contributed by atoms with Crippen LogP contribution in [-0.2, 0) is 9.84 Å². The summed E-state index contributed by atoms with van der Waals surface area (Å²) in [4.78, 5) is 0. The van der Waals surface area contributed by atoms with E-state index in [0.717, 1.165) is 6.20 Å². The van der Waals surface area contributed by atoms with Crippen molar-refractivity contribution < 1.29 is 13.1 Å². The Morgan fingerprint density at radius 3 is 2.71 bits per heavy atom. The second-order valence-corrected chi connectivity index (χ2v) is 5.02. The van der Waals surface area contributed by atoms with Gasteiger partial charge in [0.2, 0.25) is 9.84 Å². The molecular weight excluding hydrogens is 202 g/mol. The van der Waals surface area contributed by atoms with E-state index < -0.39 is 9.84 Å². The van der Waals surface area contributed by atoms with Crippen LogP contribution in [0.25, 0.3) is 0 Å². The van der Waals surface area contributed by atoms with Crippen molar-refractivity contribution in [3.63, 3.8) is 0 Å². The predicted octanol–water partition coefficient (Wildman–Crippen LogP) is 0.670. The van der Waals surface area contributed by atoms with Crippen molar-refractivity contribution in [2.24, 2.45) is 0 Å². The molecule has 0 aliphatic heterocycles. The van der Waals surface area contributed by atoms with Crippen LogP contribution in [0.1, 0.15) is 6.92 Å². The van der Waals surface area contributed by atoms with Crippen molar-refractivity contribution in [1.29, 1.82) is 0 Å². The molecule has 0 atom stereocenters. The maximum Gasteiger partial charge on any atom is 0.308 e. The molecule has 0 saturated heterocycles. The summed E-state index contributed by atoms with van der Waals surface area (Å²) in [5.41, 5.74) is 0.508. The van der Waals surface area contributed by atoms with Crippen LogP contribution >= 0.6 is 0 Å². The van der Waals surface area contributed by atoms with Gasteiger partial charge >= 0.3 is 5.03 Å². The lowest BCUT2D eigenvalue weighted by molar-refractivity contribution is -0.646. The summed E-state index contributed by atoms with van der Waals surface area (Å²) < 4.78 is 23.5. The van der Waals surface area contributed by atoms with Crippen LogP contribution in [0.4, 0.5) is 0 Å². The normalized spacial score (nSPS) is 11.2. The van der Waals surface area contributed by atoms with E-state index in [4.69, 9.17) is 0 Å². The first-order valence-electron chi connectivity index (χ1n) is 3.99. The molecule has 1 aromatic rings. The molecule has 0 unspecified atom stereocenters. The third kappa shape index (κ3) is 2.32. The number of hydrogen-bond acceptors (Lipinski definition) is 3. The Labute approximate surface area is 83.0 Å². The summed E-state index contributed by atoms with van der Waals surface area (Å²) in [5.74, 6) is -0.195. The molecule has 0 aliphatic rings. The zero-order chi connectivity index (χ0) is 10.8. The zero-order valence-corrected chi connectivity index (χ0v) is 8.62. The van der Waals surface area contributed by atoms with Crippen molar-refractivity contribution in [3.05, 3.63) is 41.8 Å². The van der Waals surface area contributed by atoms with Crippen molar-refractivity contribution in [3.8, 4) is 0 Å². The molecule has 1 aromatic heterocycles. The molecule has 5 heteroatoms. The number of hydrogen-bond donors (Lipinski definition) is 0. The van der Waals surface area contributed by atoms with Crippen molar-refractivity contribution in [1.82, 2.24) is 0 Å². The van der Waals surface area contributed by atoms with Crippen LogP contribution in [-0.4, -0.2) is 14.2 Å². The molecule has 0 spiro atoms. The van der Waals surface area contributed by atoms with E-state index >= 15 is 0 Å². The van der Waals surface area contributed by atoms with Gasteiger partial charge in [0.05, 0.1) is 5.75 Å². The number of sulfone groups is 1. The molecule has 14 heavy (non-hydrogen) atoms. The lowest BCUT2D eigenvalue weighted by atomic mass is 10.4. The van der Waals surface area contributed by atoms with Crippen LogP contribution in [0.15, 0.2) is 41.6 Å². The Kier molecular flexibility index (Phi) is 2.90. The average molecular weight is 213 g/mol. The van der Waals surface area contributed by atoms with Gasteiger partial charge in [0.1, 0.15) is 0 Å². The molecule has 1 heterocycles. The van der Waals surface area contributed by atoms with Crippen molar-refractivity contribution in [2.45, 2.75) is 11.9 Å². The molecule has 0 N–H and O–H groups in total. The monoisotopic (exact) mass is 213 g/mol. The number of nitrogens with zero attached hydrogens (tertiary/aromatic N) is 1. The van der Waals surface area contributed by atoms with Gasteiger partial charge in [-0.05, 0) is 13.0 Å². The standard InChI is InChI=1S/C9H11NO3S/c1-8(2)7-14(12,13)9-5-3-4-6-10(9)11/h3-6H,1,7H2,2H3. The highest BCUT2D eigenvalue weighted by Crippen LogP contribution is 2.07. The zero-order valence-electron chi connectivity index (χ0n) is 7.80. The quantitative estimate of drug-likeness (QED) is 0.421. The Balaban J connectivity index is 3.17. The second-order valence-electron chi connectivity index (χ2n) is 3.08. The van der Waals surface area contributed by atoms with Gasteiger partial charge < -0.3 is 5.21 Å². The Morgan fingerprint density at radius 2 is 2.21 bits per heavy atom. The Bertz CT molecular complexity index is 451. The van der Waals surface area contributed by atoms with E-state index in [9.17, 15) is 13.6 Å². The summed E-state index contributed by atoms with van der Waals surface area (Å²) in [5, 5.41) is 10.9. The molecule has 4 nitrogen and oxygen atoms in total. The Hall–Kier alpha value is -1.36. The lowest BCUT2D eigenvalue weighted by Gasteiger charge is -2.04. The van der Waals surface area contributed by atoms with E-state index in [1.165, 1.54) is 18.2 Å². The van der Waals surface area contributed by atoms with Crippen molar-refractivity contribution in [2.75, 3.05) is 5.75 Å². The maximum atomic E-state index is 11.6. The van der Waals surface area contributed by atoms with E-state index in [2.05, 4.69) is 6.58 Å². The van der Waals surface area contributed by atoms with Gasteiger partial charge in [0.25, 0.3) is 0 Å². The number of aromatic nitrogens is 1. The van der Waals surface area contributed by atoms with E-state index in [1.807, 2.05) is 0 Å². The van der Waals surface area contributed by atoms with Gasteiger partial charge in [-0.2, -0.15) is 4.73 Å². The summed E-state index contributed by atoms with van der Waals surface area (Å²) in [7, 11) is -3.54. The summed E-state index contributed by atoms with van der Waals surface area (Å²) in [6.45, 7) is 5.11. The molecular formula is C9H11NO3S. The highest BCUT2D eigenvalue weighted by Gasteiger charge is 2.22. The Morgan fingerprint density at radius 1 is 1.57 bits per heavy atom. The van der Waals surface area contributed by atoms with Gasteiger partial charge in [0.15, 0.2) is 6.20 Å². The smallest absolute Gasteiger partial charge is 0.308 e. The van der Waals surface area contributed by atoms with E-state index in [0.29, 0.717) is 10.3 Å². The first-order valence-corrected chi connectivity index (χ1v) is 5.64. The number of pyridine rings is 1. The second kappa shape index (κ2) is 3.79. The summed E-state index contributed by atoms with van der Waals surface area (Å²) in [6.07, 6.45) is 1.16. The molecule has 0 amide bonds. The molecule has 1 rings (SSSR count). The maximum absolute atomic E-state index is 11.6. The topological polar surface area (TPSA) is 61.1 Å². The van der Waals surface area contributed by atoms with Crippen LogP contribution in [0.5, 0.6) is 0 Å². The largest absolute Gasteiger partial charge is 0.618 e. The fourth-order valence-electron chi connectivity index (χ4n) is 1.05. The van der Waals surface area contributed by atoms with E-state index in [-0.39, 0.29) is 10.8 Å². The van der Waals surface area contributed by atoms with Gasteiger partial charge in [-0.3, -0.25) is 0 Å². The van der Waals surface area contributed by atoms with Crippen LogP contribution in [0, 0.1) is 5.21 Å². The van der Waals surface area contributed by atoms with Crippen LogP contribution in [0.2, 0.25) is 0 Å². The highest BCUT2D eigenvalue weighted by atomic mass is 32.2. The summed E-state index contributed by atoms with van der Waals surface area (Å²) >= 11 is 0. The first kappa shape index (κ1) is 10.7. The molecule has 0 aliphatic carbocycles.